The smallest absolute Gasteiger partial charge is 0.327 e. The Morgan fingerprint density at radius 3 is 1.71 bits per heavy atom. The van der Waals surface area contributed by atoms with Gasteiger partial charge in [-0.15, -0.1) is 0 Å². The van der Waals surface area contributed by atoms with Crippen LogP contribution in [0.3, 0.4) is 0 Å². The molecule has 0 unspecified atom stereocenters. The van der Waals surface area contributed by atoms with E-state index >= 15 is 0 Å². The highest BCUT2D eigenvalue weighted by atomic mass is 35.5. The van der Waals surface area contributed by atoms with Crippen molar-refractivity contribution in [3.05, 3.63) is 66.2 Å². The first-order chi connectivity index (χ1) is 7.93. The number of carboxylic acids is 1. The Labute approximate surface area is 111 Å². The van der Waals surface area contributed by atoms with Gasteiger partial charge in [-0.3, -0.25) is 0 Å². The zero-order valence-electron chi connectivity index (χ0n) is 9.27. The van der Waals surface area contributed by atoms with E-state index < -0.39 is 5.97 Å². The molecule has 0 saturated heterocycles. The second-order valence-corrected chi connectivity index (χ2v) is 3.60. The zero-order valence-corrected chi connectivity index (χ0v) is 10.8. The molecule has 0 amide bonds. The van der Waals surface area contributed by atoms with Crippen molar-refractivity contribution in [3.63, 3.8) is 0 Å². The van der Waals surface area contributed by atoms with Crippen LogP contribution >= 0.6 is 23.2 Å². The molecule has 0 spiro atoms. The van der Waals surface area contributed by atoms with Crippen LogP contribution in [-0.4, -0.2) is 11.1 Å². The molecular formula is C13H14Cl2O2. The van der Waals surface area contributed by atoms with Crippen molar-refractivity contribution in [1.29, 1.82) is 0 Å². The van der Waals surface area contributed by atoms with Crippen LogP contribution in [0, 0.1) is 0 Å². The average molecular weight is 273 g/mol. The third-order valence-corrected chi connectivity index (χ3v) is 1.21. The zero-order chi connectivity index (χ0) is 13.7. The summed E-state index contributed by atoms with van der Waals surface area (Å²) >= 11 is 9.69. The standard InChI is InChI=1S/C8H8.C3H4O2.C2H2Cl2/c1-2-8-6-4-3-5-7-8;1-2-3(4)5;1-2(3)4/h2-7H,1H2;2H,1H2,(H,4,5);1H2. The SMILES string of the molecule is C=C(Cl)Cl.C=CC(=O)O.C=Cc1ccccc1. The van der Waals surface area contributed by atoms with Crippen LogP contribution in [0.1, 0.15) is 5.56 Å². The first kappa shape index (κ1) is 17.9. The Kier molecular flexibility index (Phi) is 13.2. The van der Waals surface area contributed by atoms with Crippen molar-refractivity contribution in [2.24, 2.45) is 0 Å². The van der Waals surface area contributed by atoms with Gasteiger partial charge in [-0.05, 0) is 5.56 Å². The molecule has 1 rings (SSSR count). The van der Waals surface area contributed by atoms with Gasteiger partial charge in [-0.1, -0.05) is 79.3 Å². The molecule has 2 nitrogen and oxygen atoms in total. The van der Waals surface area contributed by atoms with Crippen LogP contribution in [0.5, 0.6) is 0 Å². The minimum Gasteiger partial charge on any atom is -0.478 e. The molecule has 0 aliphatic carbocycles. The van der Waals surface area contributed by atoms with Gasteiger partial charge in [0.1, 0.15) is 0 Å². The van der Waals surface area contributed by atoms with E-state index in [2.05, 4.69) is 19.7 Å². The number of halogens is 2. The maximum atomic E-state index is 9.25. The van der Waals surface area contributed by atoms with Crippen molar-refractivity contribution in [3.8, 4) is 0 Å². The number of benzene rings is 1. The molecule has 0 heterocycles. The van der Waals surface area contributed by atoms with E-state index in [1.54, 1.807) is 0 Å². The number of hydrogen-bond donors (Lipinski definition) is 1. The predicted octanol–water partition coefficient (Wildman–Crippen LogP) is 4.52. The summed E-state index contributed by atoms with van der Waals surface area (Å²) in [7, 11) is 0. The molecule has 0 aliphatic heterocycles. The van der Waals surface area contributed by atoms with Gasteiger partial charge in [0.15, 0.2) is 0 Å². The number of aliphatic carboxylic acids is 1. The third kappa shape index (κ3) is 20.5. The molecule has 17 heavy (non-hydrogen) atoms. The quantitative estimate of drug-likeness (QED) is 0.804. The molecule has 0 aromatic heterocycles. The Balaban J connectivity index is 0. The maximum absolute atomic E-state index is 9.25. The lowest BCUT2D eigenvalue weighted by atomic mass is 10.2. The van der Waals surface area contributed by atoms with Crippen molar-refractivity contribution in [2.75, 3.05) is 0 Å². The number of carboxylic acid groups (broad SMARTS) is 1. The van der Waals surface area contributed by atoms with Crippen molar-refractivity contribution < 1.29 is 9.90 Å². The van der Waals surface area contributed by atoms with E-state index in [0.717, 1.165) is 6.08 Å². The normalized spacial score (nSPS) is 7.41. The van der Waals surface area contributed by atoms with Crippen molar-refractivity contribution in [1.82, 2.24) is 0 Å². The molecule has 0 bridgehead atoms. The van der Waals surface area contributed by atoms with Crippen LogP contribution in [-0.2, 0) is 4.79 Å². The number of hydrogen-bond acceptors (Lipinski definition) is 1. The largest absolute Gasteiger partial charge is 0.478 e. The lowest BCUT2D eigenvalue weighted by Gasteiger charge is -1.85. The van der Waals surface area contributed by atoms with E-state index in [1.165, 1.54) is 5.56 Å². The fraction of sp³-hybridized carbons (Fsp3) is 0. The second kappa shape index (κ2) is 12.6. The highest BCUT2D eigenvalue weighted by Crippen LogP contribution is 1.98. The monoisotopic (exact) mass is 272 g/mol. The number of carbonyl (C=O) groups is 1. The van der Waals surface area contributed by atoms with Gasteiger partial charge < -0.3 is 5.11 Å². The Morgan fingerprint density at radius 1 is 1.18 bits per heavy atom. The first-order valence-electron chi connectivity index (χ1n) is 4.46. The summed E-state index contributed by atoms with van der Waals surface area (Å²) in [6.45, 7) is 9.68. The summed E-state index contributed by atoms with van der Waals surface area (Å²) in [5.41, 5.74) is 1.17. The van der Waals surface area contributed by atoms with E-state index in [1.807, 2.05) is 36.4 Å². The van der Waals surface area contributed by atoms with Crippen LogP contribution in [0.25, 0.3) is 6.08 Å². The summed E-state index contributed by atoms with van der Waals surface area (Å²) in [6, 6.07) is 10.0. The van der Waals surface area contributed by atoms with Crippen molar-refractivity contribution >= 4 is 35.2 Å². The van der Waals surface area contributed by atoms with Crippen LogP contribution in [0.2, 0.25) is 0 Å². The minimum absolute atomic E-state index is 0.111. The molecular weight excluding hydrogens is 259 g/mol. The molecule has 0 atom stereocenters. The van der Waals surface area contributed by atoms with E-state index in [-0.39, 0.29) is 4.49 Å². The van der Waals surface area contributed by atoms with Crippen molar-refractivity contribution in [2.45, 2.75) is 0 Å². The topological polar surface area (TPSA) is 37.3 Å². The first-order valence-corrected chi connectivity index (χ1v) is 5.22. The Hall–Kier alpha value is -1.51. The van der Waals surface area contributed by atoms with Gasteiger partial charge in [0, 0.05) is 6.08 Å². The maximum Gasteiger partial charge on any atom is 0.327 e. The van der Waals surface area contributed by atoms with Crippen LogP contribution in [0.4, 0.5) is 0 Å². The fourth-order valence-electron chi connectivity index (χ4n) is 0.589. The highest BCUT2D eigenvalue weighted by molar-refractivity contribution is 6.55. The summed E-state index contributed by atoms with van der Waals surface area (Å²) in [5.74, 6) is -0.981. The minimum atomic E-state index is -0.981. The molecule has 0 radical (unpaired) electrons. The molecule has 4 heteroatoms. The van der Waals surface area contributed by atoms with E-state index in [0.29, 0.717) is 0 Å². The molecule has 0 aliphatic rings. The van der Waals surface area contributed by atoms with Gasteiger partial charge >= 0.3 is 5.97 Å². The lowest BCUT2D eigenvalue weighted by Crippen LogP contribution is -1.82. The summed E-state index contributed by atoms with van der Waals surface area (Å²) in [4.78, 5) is 9.25. The lowest BCUT2D eigenvalue weighted by molar-refractivity contribution is -0.131. The third-order valence-electron chi connectivity index (χ3n) is 1.21. The fourth-order valence-corrected chi connectivity index (χ4v) is 0.589. The van der Waals surface area contributed by atoms with Gasteiger partial charge in [0.25, 0.3) is 0 Å². The average Bonchev–Trinajstić information content (AvgIpc) is 2.30. The molecule has 1 aromatic carbocycles. The highest BCUT2D eigenvalue weighted by Gasteiger charge is 1.75. The molecule has 1 aromatic rings. The van der Waals surface area contributed by atoms with Gasteiger partial charge in [-0.2, -0.15) is 0 Å². The summed E-state index contributed by atoms with van der Waals surface area (Å²) in [6.07, 6.45) is 2.67. The van der Waals surface area contributed by atoms with Gasteiger partial charge in [-0.25, -0.2) is 4.79 Å². The summed E-state index contributed by atoms with van der Waals surface area (Å²) in [5, 5.41) is 7.60. The molecule has 92 valence electrons. The molecule has 0 saturated carbocycles. The molecule has 1 N–H and O–H groups in total. The van der Waals surface area contributed by atoms with E-state index in [9.17, 15) is 4.79 Å². The van der Waals surface area contributed by atoms with Crippen LogP contribution in [0.15, 0.2) is 60.6 Å². The summed E-state index contributed by atoms with van der Waals surface area (Å²) < 4.78 is 0.111. The molecule has 0 fully saturated rings. The van der Waals surface area contributed by atoms with Crippen LogP contribution < -0.4 is 0 Å². The second-order valence-electron chi connectivity index (χ2n) is 2.50. The predicted molar refractivity (Wildman–Crippen MR) is 75.2 cm³/mol. The van der Waals surface area contributed by atoms with Gasteiger partial charge in [0.05, 0.1) is 4.49 Å². The Morgan fingerprint density at radius 2 is 1.53 bits per heavy atom. The Bertz CT molecular complexity index is 355. The number of rotatable bonds is 2. The van der Waals surface area contributed by atoms with E-state index in [4.69, 9.17) is 28.3 Å². The van der Waals surface area contributed by atoms with Gasteiger partial charge in [0.2, 0.25) is 0 Å².